The number of aromatic amines is 1. The van der Waals surface area contributed by atoms with Crippen LogP contribution in [0.15, 0.2) is 30.5 Å². The molecule has 3 nitrogen and oxygen atoms in total. The Bertz CT molecular complexity index is 932. The molecule has 0 atom stereocenters. The number of anilines is 1. The molecule has 1 aliphatic heterocycles. The predicted octanol–water partition coefficient (Wildman–Crippen LogP) is 4.52. The fourth-order valence-corrected chi connectivity index (χ4v) is 4.29. The van der Waals surface area contributed by atoms with Crippen molar-refractivity contribution < 1.29 is 4.39 Å². The van der Waals surface area contributed by atoms with E-state index in [9.17, 15) is 4.39 Å². The summed E-state index contributed by atoms with van der Waals surface area (Å²) in [5.41, 5.74) is 12.7. The van der Waals surface area contributed by atoms with Gasteiger partial charge < -0.3 is 15.0 Å². The topological polar surface area (TPSA) is 45.0 Å². The fraction of sp³-hybridized carbons (Fsp3) is 0.263. The molecule has 4 rings (SSSR count). The van der Waals surface area contributed by atoms with Crippen LogP contribution in [0.1, 0.15) is 16.7 Å². The highest BCUT2D eigenvalue weighted by Crippen LogP contribution is 2.45. The molecule has 0 saturated carbocycles. The summed E-state index contributed by atoms with van der Waals surface area (Å²) in [5.74, 6) is 0.689. The van der Waals surface area contributed by atoms with Crippen molar-refractivity contribution in [2.45, 2.75) is 20.4 Å². The van der Waals surface area contributed by atoms with E-state index in [1.165, 1.54) is 16.7 Å². The van der Waals surface area contributed by atoms with Gasteiger partial charge in [-0.05, 0) is 54.6 Å². The molecule has 5 heteroatoms. The zero-order valence-corrected chi connectivity index (χ0v) is 14.6. The minimum atomic E-state index is -0.161. The van der Waals surface area contributed by atoms with Gasteiger partial charge in [-0.15, -0.1) is 0 Å². The van der Waals surface area contributed by atoms with Crippen molar-refractivity contribution in [1.82, 2.24) is 4.98 Å². The molecule has 1 aromatic heterocycles. The summed E-state index contributed by atoms with van der Waals surface area (Å²) >= 11 is 1.71. The summed E-state index contributed by atoms with van der Waals surface area (Å²) in [6, 6.07) is 7.39. The van der Waals surface area contributed by atoms with Crippen molar-refractivity contribution in [3.05, 3.63) is 53.0 Å². The number of hydrogen-bond acceptors (Lipinski definition) is 3. The number of hydrogen-bond donors (Lipinski definition) is 2. The second-order valence-corrected chi connectivity index (χ2v) is 7.32. The molecule has 24 heavy (non-hydrogen) atoms. The van der Waals surface area contributed by atoms with Crippen LogP contribution in [0.5, 0.6) is 0 Å². The summed E-state index contributed by atoms with van der Waals surface area (Å²) in [6.07, 6.45) is 2.03. The minimum absolute atomic E-state index is 0.161. The van der Waals surface area contributed by atoms with Crippen molar-refractivity contribution in [2.75, 3.05) is 16.6 Å². The van der Waals surface area contributed by atoms with Crippen molar-refractivity contribution in [1.29, 1.82) is 0 Å². The number of benzene rings is 2. The van der Waals surface area contributed by atoms with Gasteiger partial charge in [-0.25, -0.2) is 4.39 Å². The van der Waals surface area contributed by atoms with Gasteiger partial charge in [0.05, 0.1) is 12.2 Å². The van der Waals surface area contributed by atoms with Crippen molar-refractivity contribution >= 4 is 28.4 Å². The standard InChI is InChI=1S/C19H20FN3S/c1-11-9-22-19(12(11)2)13-3-4-14-16(20)5-6-17-18(14)15(13)10-23(17)24-8-7-21/h3-6,9,22H,7-8,10,21H2,1-2H3. The number of nitrogens with one attached hydrogen (secondary N) is 1. The largest absolute Gasteiger partial charge is 0.361 e. The molecule has 2 heterocycles. The first-order chi connectivity index (χ1) is 11.6. The lowest BCUT2D eigenvalue weighted by molar-refractivity contribution is 0.640. The van der Waals surface area contributed by atoms with Gasteiger partial charge in [0.15, 0.2) is 0 Å². The summed E-state index contributed by atoms with van der Waals surface area (Å²) < 4.78 is 16.6. The van der Waals surface area contributed by atoms with Gasteiger partial charge in [-0.3, -0.25) is 0 Å². The van der Waals surface area contributed by atoms with E-state index in [4.69, 9.17) is 5.73 Å². The second-order valence-electron chi connectivity index (χ2n) is 6.21. The normalized spacial score (nSPS) is 13.2. The van der Waals surface area contributed by atoms with E-state index in [0.29, 0.717) is 11.9 Å². The molecule has 0 aliphatic carbocycles. The summed E-state index contributed by atoms with van der Waals surface area (Å²) in [5, 5.41) is 1.73. The molecular formula is C19H20FN3S. The lowest BCUT2D eigenvalue weighted by atomic mass is 9.96. The minimum Gasteiger partial charge on any atom is -0.361 e. The molecule has 0 bridgehead atoms. The summed E-state index contributed by atoms with van der Waals surface area (Å²) in [7, 11) is 0. The van der Waals surface area contributed by atoms with Gasteiger partial charge in [0.1, 0.15) is 5.82 Å². The number of aromatic nitrogens is 1. The molecule has 0 saturated heterocycles. The van der Waals surface area contributed by atoms with Crippen LogP contribution in [0.4, 0.5) is 10.1 Å². The quantitative estimate of drug-likeness (QED) is 0.686. The highest BCUT2D eigenvalue weighted by atomic mass is 32.2. The molecular weight excluding hydrogens is 321 g/mol. The van der Waals surface area contributed by atoms with Crippen LogP contribution in [0.25, 0.3) is 22.0 Å². The number of nitrogens with zero attached hydrogens (tertiary/aromatic N) is 1. The molecule has 2 aromatic carbocycles. The average Bonchev–Trinajstić information content (AvgIpc) is 3.11. The second kappa shape index (κ2) is 5.83. The van der Waals surface area contributed by atoms with Crippen LogP contribution in [0, 0.1) is 19.7 Å². The van der Waals surface area contributed by atoms with E-state index in [2.05, 4.69) is 23.1 Å². The number of halogens is 1. The first-order valence-electron chi connectivity index (χ1n) is 8.11. The zero-order chi connectivity index (χ0) is 16.8. The van der Waals surface area contributed by atoms with E-state index < -0.39 is 0 Å². The van der Waals surface area contributed by atoms with E-state index in [1.807, 2.05) is 24.4 Å². The molecule has 1 aliphatic rings. The number of nitrogens with two attached hydrogens (primary N) is 1. The summed E-state index contributed by atoms with van der Waals surface area (Å²) in [4.78, 5) is 3.39. The molecule has 0 unspecified atom stereocenters. The lowest BCUT2D eigenvalue weighted by Crippen LogP contribution is -2.13. The van der Waals surface area contributed by atoms with Gasteiger partial charge in [0, 0.05) is 40.5 Å². The van der Waals surface area contributed by atoms with Crippen LogP contribution in [-0.4, -0.2) is 17.3 Å². The first kappa shape index (κ1) is 15.5. The van der Waals surface area contributed by atoms with E-state index in [-0.39, 0.29) is 5.82 Å². The third kappa shape index (κ3) is 2.23. The summed E-state index contributed by atoms with van der Waals surface area (Å²) in [6.45, 7) is 5.63. The molecule has 3 aromatic rings. The van der Waals surface area contributed by atoms with E-state index >= 15 is 0 Å². The molecule has 3 N–H and O–H groups in total. The van der Waals surface area contributed by atoms with Crippen LogP contribution in [0.2, 0.25) is 0 Å². The van der Waals surface area contributed by atoms with Gasteiger partial charge in [-0.2, -0.15) is 0 Å². The van der Waals surface area contributed by atoms with Crippen LogP contribution in [-0.2, 0) is 6.54 Å². The lowest BCUT2D eigenvalue weighted by Gasteiger charge is -2.17. The third-order valence-electron chi connectivity index (χ3n) is 4.82. The van der Waals surface area contributed by atoms with Gasteiger partial charge in [-0.1, -0.05) is 12.1 Å². The SMILES string of the molecule is Cc1c[nH]c(-c2ccc3c(F)ccc4c3c2CN4SCCN)c1C. The fourth-order valence-electron chi connectivity index (χ4n) is 3.45. The maximum absolute atomic E-state index is 14.3. The molecule has 0 spiro atoms. The third-order valence-corrected chi connectivity index (χ3v) is 5.87. The Hall–Kier alpha value is -1.98. The van der Waals surface area contributed by atoms with Gasteiger partial charge >= 0.3 is 0 Å². The van der Waals surface area contributed by atoms with Gasteiger partial charge in [0.2, 0.25) is 0 Å². The number of aryl methyl sites for hydroxylation is 1. The van der Waals surface area contributed by atoms with Crippen LogP contribution in [0.3, 0.4) is 0 Å². The van der Waals surface area contributed by atoms with Crippen LogP contribution >= 0.6 is 11.9 Å². The van der Waals surface area contributed by atoms with E-state index in [1.54, 1.807) is 18.0 Å². The smallest absolute Gasteiger partial charge is 0.131 e. The highest BCUT2D eigenvalue weighted by Gasteiger charge is 2.27. The Morgan fingerprint density at radius 3 is 2.79 bits per heavy atom. The van der Waals surface area contributed by atoms with Gasteiger partial charge in [0.25, 0.3) is 0 Å². The maximum Gasteiger partial charge on any atom is 0.131 e. The molecule has 0 radical (unpaired) electrons. The van der Waals surface area contributed by atoms with E-state index in [0.717, 1.165) is 34.6 Å². The van der Waals surface area contributed by atoms with Crippen LogP contribution < -0.4 is 10.0 Å². The molecule has 124 valence electrons. The monoisotopic (exact) mass is 341 g/mol. The van der Waals surface area contributed by atoms with Crippen molar-refractivity contribution in [3.8, 4) is 11.3 Å². The Balaban J connectivity index is 1.93. The molecule has 0 amide bonds. The highest BCUT2D eigenvalue weighted by molar-refractivity contribution is 8.00. The number of rotatable bonds is 4. The Kier molecular flexibility index (Phi) is 3.77. The van der Waals surface area contributed by atoms with Crippen molar-refractivity contribution in [2.24, 2.45) is 5.73 Å². The number of H-pyrrole nitrogens is 1. The Morgan fingerprint density at radius 1 is 1.25 bits per heavy atom. The van der Waals surface area contributed by atoms with Crippen molar-refractivity contribution in [3.63, 3.8) is 0 Å². The maximum atomic E-state index is 14.3. The first-order valence-corrected chi connectivity index (χ1v) is 9.05. The Morgan fingerprint density at radius 2 is 2.08 bits per heavy atom. The Labute approximate surface area is 145 Å². The average molecular weight is 341 g/mol. The zero-order valence-electron chi connectivity index (χ0n) is 13.8. The molecule has 0 fully saturated rings. The predicted molar refractivity (Wildman–Crippen MR) is 101 cm³/mol.